The Labute approximate surface area is 182 Å². The molecule has 2 unspecified atom stereocenters. The summed E-state index contributed by atoms with van der Waals surface area (Å²) < 4.78 is 10.8. The van der Waals surface area contributed by atoms with Gasteiger partial charge in [0.05, 0.1) is 18.4 Å². The van der Waals surface area contributed by atoms with Crippen LogP contribution in [0.4, 0.5) is 5.00 Å². The van der Waals surface area contributed by atoms with Crippen molar-refractivity contribution in [2.75, 3.05) is 18.5 Å². The molecule has 9 heteroatoms. The number of hydrogen-bond donors (Lipinski definition) is 1. The van der Waals surface area contributed by atoms with E-state index in [4.69, 9.17) is 9.15 Å². The predicted molar refractivity (Wildman–Crippen MR) is 113 cm³/mol. The first-order chi connectivity index (χ1) is 14.9. The lowest BCUT2D eigenvalue weighted by atomic mass is 9.85. The quantitative estimate of drug-likeness (QED) is 0.418. The number of furan rings is 1. The molecule has 2 atom stereocenters. The van der Waals surface area contributed by atoms with Crippen molar-refractivity contribution in [2.24, 2.45) is 11.8 Å². The highest BCUT2D eigenvalue weighted by molar-refractivity contribution is 7.15. The van der Waals surface area contributed by atoms with Gasteiger partial charge in [-0.05, 0) is 38.8 Å². The van der Waals surface area contributed by atoms with Gasteiger partial charge in [-0.15, -0.1) is 11.3 Å². The summed E-state index contributed by atoms with van der Waals surface area (Å²) >= 11 is 1.15. The standard InChI is InChI=1S/C22H22N2O6S/c1-3-29-22(28)18-15(16-9-8-12(2)30-16)11-31-19(18)23-17(25)10-24-20(26)13-6-4-5-7-14(13)21(24)27/h4-5,8-9,11,13-14H,3,6-7,10H2,1-2H3,(H,23,25). The minimum Gasteiger partial charge on any atom is -0.462 e. The Morgan fingerprint density at radius 3 is 2.45 bits per heavy atom. The van der Waals surface area contributed by atoms with Crippen molar-refractivity contribution in [3.8, 4) is 11.3 Å². The number of amides is 3. The zero-order chi connectivity index (χ0) is 22.1. The Morgan fingerprint density at radius 1 is 1.19 bits per heavy atom. The second kappa shape index (κ2) is 8.50. The van der Waals surface area contributed by atoms with E-state index in [0.29, 0.717) is 29.9 Å². The number of imide groups is 1. The summed E-state index contributed by atoms with van der Waals surface area (Å²) in [6.45, 7) is 3.27. The van der Waals surface area contributed by atoms with E-state index in [0.717, 1.165) is 16.2 Å². The van der Waals surface area contributed by atoms with Crippen LogP contribution in [0.1, 0.15) is 35.9 Å². The van der Waals surface area contributed by atoms with E-state index in [-0.39, 0.29) is 35.5 Å². The van der Waals surface area contributed by atoms with Crippen molar-refractivity contribution in [3.05, 3.63) is 41.0 Å². The summed E-state index contributed by atoms with van der Waals surface area (Å²) in [6, 6.07) is 3.52. The van der Waals surface area contributed by atoms with Crippen LogP contribution in [-0.2, 0) is 19.1 Å². The third-order valence-electron chi connectivity index (χ3n) is 5.43. The molecule has 0 saturated carbocycles. The average molecular weight is 442 g/mol. The van der Waals surface area contributed by atoms with Crippen molar-refractivity contribution in [3.63, 3.8) is 0 Å². The van der Waals surface area contributed by atoms with Crippen LogP contribution < -0.4 is 5.32 Å². The molecule has 1 N–H and O–H groups in total. The monoisotopic (exact) mass is 442 g/mol. The zero-order valence-electron chi connectivity index (χ0n) is 17.2. The van der Waals surface area contributed by atoms with Gasteiger partial charge in [0.1, 0.15) is 28.6 Å². The van der Waals surface area contributed by atoms with Crippen molar-refractivity contribution in [1.82, 2.24) is 4.90 Å². The summed E-state index contributed by atoms with van der Waals surface area (Å²) in [5.74, 6) is -1.40. The highest BCUT2D eigenvalue weighted by Crippen LogP contribution is 2.38. The van der Waals surface area contributed by atoms with Gasteiger partial charge in [-0.2, -0.15) is 0 Å². The Hall–Kier alpha value is -3.20. The lowest BCUT2D eigenvalue weighted by Gasteiger charge is -2.14. The number of rotatable bonds is 6. The van der Waals surface area contributed by atoms with Crippen LogP contribution in [0.5, 0.6) is 0 Å². The van der Waals surface area contributed by atoms with Gasteiger partial charge in [0, 0.05) is 10.9 Å². The van der Waals surface area contributed by atoms with Crippen LogP contribution in [0.2, 0.25) is 0 Å². The van der Waals surface area contributed by atoms with Crippen molar-refractivity contribution < 1.29 is 28.3 Å². The smallest absolute Gasteiger partial charge is 0.341 e. The molecule has 1 aliphatic heterocycles. The molecule has 3 amide bonds. The summed E-state index contributed by atoms with van der Waals surface area (Å²) in [6.07, 6.45) is 4.81. The van der Waals surface area contributed by atoms with Crippen LogP contribution in [0.15, 0.2) is 34.1 Å². The third-order valence-corrected chi connectivity index (χ3v) is 6.33. The van der Waals surface area contributed by atoms with E-state index >= 15 is 0 Å². The molecule has 1 saturated heterocycles. The molecule has 4 rings (SSSR count). The van der Waals surface area contributed by atoms with Crippen LogP contribution in [0.3, 0.4) is 0 Å². The summed E-state index contributed by atoms with van der Waals surface area (Å²) in [5, 5.41) is 4.66. The van der Waals surface area contributed by atoms with E-state index in [9.17, 15) is 19.2 Å². The predicted octanol–water partition coefficient (Wildman–Crippen LogP) is 3.38. The molecular weight excluding hydrogens is 420 g/mol. The molecule has 3 heterocycles. The number of hydrogen-bond acceptors (Lipinski definition) is 7. The van der Waals surface area contributed by atoms with E-state index < -0.39 is 23.7 Å². The molecule has 8 nitrogen and oxygen atoms in total. The molecular formula is C22H22N2O6S. The lowest BCUT2D eigenvalue weighted by Crippen LogP contribution is -2.38. The zero-order valence-corrected chi connectivity index (χ0v) is 18.0. The molecule has 1 fully saturated rings. The number of anilines is 1. The second-order valence-corrected chi connectivity index (χ2v) is 8.33. The minimum atomic E-state index is -0.589. The molecule has 0 aromatic carbocycles. The number of ether oxygens (including phenoxy) is 1. The number of carbonyl (C=O) groups excluding carboxylic acids is 4. The third kappa shape index (κ3) is 3.93. The number of fused-ring (bicyclic) bond motifs is 1. The number of likely N-dealkylation sites (tertiary alicyclic amines) is 1. The van der Waals surface area contributed by atoms with E-state index in [1.165, 1.54) is 0 Å². The fraction of sp³-hybridized carbons (Fsp3) is 0.364. The molecule has 0 bridgehead atoms. The topological polar surface area (TPSA) is 106 Å². The summed E-state index contributed by atoms with van der Waals surface area (Å²) in [4.78, 5) is 51.5. The number of thiophene rings is 1. The van der Waals surface area contributed by atoms with Crippen LogP contribution in [-0.4, -0.2) is 41.7 Å². The summed E-state index contributed by atoms with van der Waals surface area (Å²) in [5.41, 5.74) is 0.698. The van der Waals surface area contributed by atoms with Gasteiger partial charge >= 0.3 is 5.97 Å². The Morgan fingerprint density at radius 2 is 1.87 bits per heavy atom. The fourth-order valence-corrected chi connectivity index (χ4v) is 4.90. The van der Waals surface area contributed by atoms with Crippen molar-refractivity contribution >= 4 is 40.0 Å². The maximum atomic E-state index is 12.7. The van der Waals surface area contributed by atoms with E-state index in [1.54, 1.807) is 31.4 Å². The highest BCUT2D eigenvalue weighted by atomic mass is 32.1. The number of allylic oxidation sites excluding steroid dienone is 2. The second-order valence-electron chi connectivity index (χ2n) is 7.45. The number of aryl methyl sites for hydroxylation is 1. The molecule has 2 aromatic heterocycles. The summed E-state index contributed by atoms with van der Waals surface area (Å²) in [7, 11) is 0. The first kappa shape index (κ1) is 21.0. The fourth-order valence-electron chi connectivity index (χ4n) is 3.95. The molecule has 1 aliphatic carbocycles. The number of esters is 1. The lowest BCUT2D eigenvalue weighted by molar-refractivity contribution is -0.142. The van der Waals surface area contributed by atoms with Crippen LogP contribution in [0, 0.1) is 18.8 Å². The number of nitrogens with zero attached hydrogens (tertiary/aromatic N) is 1. The SMILES string of the molecule is CCOC(=O)c1c(-c2ccc(C)o2)csc1NC(=O)CN1C(=O)C2CC=CCC2C1=O. The van der Waals surface area contributed by atoms with Gasteiger partial charge in [-0.25, -0.2) is 4.79 Å². The Kier molecular flexibility index (Phi) is 5.77. The van der Waals surface area contributed by atoms with Crippen molar-refractivity contribution in [1.29, 1.82) is 0 Å². The molecule has 2 aliphatic rings. The molecule has 0 radical (unpaired) electrons. The first-order valence-electron chi connectivity index (χ1n) is 10.1. The molecule has 31 heavy (non-hydrogen) atoms. The normalized spacial score (nSPS) is 20.1. The van der Waals surface area contributed by atoms with Gasteiger partial charge < -0.3 is 14.5 Å². The van der Waals surface area contributed by atoms with Crippen LogP contribution >= 0.6 is 11.3 Å². The first-order valence-corrected chi connectivity index (χ1v) is 10.9. The molecule has 0 spiro atoms. The van der Waals surface area contributed by atoms with Crippen molar-refractivity contribution in [2.45, 2.75) is 26.7 Å². The van der Waals surface area contributed by atoms with Gasteiger partial charge in [0.15, 0.2) is 0 Å². The van der Waals surface area contributed by atoms with Gasteiger partial charge in [-0.3, -0.25) is 19.3 Å². The van der Waals surface area contributed by atoms with E-state index in [2.05, 4.69) is 5.32 Å². The van der Waals surface area contributed by atoms with E-state index in [1.807, 2.05) is 12.2 Å². The minimum absolute atomic E-state index is 0.173. The van der Waals surface area contributed by atoms with Crippen LogP contribution in [0.25, 0.3) is 11.3 Å². The molecule has 162 valence electrons. The van der Waals surface area contributed by atoms with Gasteiger partial charge in [0.2, 0.25) is 17.7 Å². The largest absolute Gasteiger partial charge is 0.462 e. The molecule has 2 aromatic rings. The van der Waals surface area contributed by atoms with Gasteiger partial charge in [-0.1, -0.05) is 12.2 Å². The van der Waals surface area contributed by atoms with Gasteiger partial charge in [0.25, 0.3) is 0 Å². The Bertz CT molecular complexity index is 1060. The maximum Gasteiger partial charge on any atom is 0.341 e. The Balaban J connectivity index is 1.54. The maximum absolute atomic E-state index is 12.7. The number of carbonyl (C=O) groups is 4. The average Bonchev–Trinajstić information content (AvgIpc) is 3.42. The number of nitrogens with one attached hydrogen (secondary N) is 1. The highest BCUT2D eigenvalue weighted by Gasteiger charge is 2.47.